The van der Waals surface area contributed by atoms with Crippen molar-refractivity contribution in [3.63, 3.8) is 0 Å². The molecule has 0 saturated heterocycles. The first-order valence-corrected chi connectivity index (χ1v) is 11.7. The molecule has 0 aliphatic heterocycles. The van der Waals surface area contributed by atoms with Crippen molar-refractivity contribution in [2.75, 3.05) is 0 Å². The van der Waals surface area contributed by atoms with Crippen molar-refractivity contribution in [2.45, 2.75) is 130 Å². The van der Waals surface area contributed by atoms with E-state index in [1.165, 1.54) is 102 Å². The Morgan fingerprint density at radius 1 is 0.769 bits per heavy atom. The van der Waals surface area contributed by atoms with Gasteiger partial charge in [0.1, 0.15) is 0 Å². The van der Waals surface area contributed by atoms with Crippen molar-refractivity contribution in [1.29, 1.82) is 0 Å². The SMILES string of the molecule is CCCCCCCCCC1=CC(C)(CCCCCCCCC)C(O)C=C1. The molecule has 1 N–H and O–H groups in total. The van der Waals surface area contributed by atoms with Gasteiger partial charge in [0.15, 0.2) is 0 Å². The number of aliphatic hydroxyl groups excluding tert-OH is 1. The Morgan fingerprint density at radius 3 is 1.85 bits per heavy atom. The molecule has 1 rings (SSSR count). The van der Waals surface area contributed by atoms with E-state index in [0.29, 0.717) is 0 Å². The van der Waals surface area contributed by atoms with Crippen molar-refractivity contribution in [3.05, 3.63) is 23.8 Å². The van der Waals surface area contributed by atoms with Gasteiger partial charge < -0.3 is 5.11 Å². The molecule has 0 heterocycles. The predicted molar refractivity (Wildman–Crippen MR) is 117 cm³/mol. The van der Waals surface area contributed by atoms with E-state index in [1.807, 2.05) is 6.08 Å². The smallest absolute Gasteiger partial charge is 0.0812 e. The van der Waals surface area contributed by atoms with Crippen molar-refractivity contribution >= 4 is 0 Å². The molecular formula is C25H46O. The van der Waals surface area contributed by atoms with Gasteiger partial charge in [-0.05, 0) is 19.3 Å². The highest BCUT2D eigenvalue weighted by Crippen LogP contribution is 2.36. The first-order chi connectivity index (χ1) is 12.6. The third-order valence-corrected chi connectivity index (χ3v) is 6.07. The summed E-state index contributed by atoms with van der Waals surface area (Å²) in [6, 6.07) is 0. The molecule has 152 valence electrons. The summed E-state index contributed by atoms with van der Waals surface area (Å²) in [5, 5.41) is 10.5. The second-order valence-corrected chi connectivity index (χ2v) is 8.77. The molecule has 2 unspecified atom stereocenters. The van der Waals surface area contributed by atoms with E-state index in [9.17, 15) is 5.11 Å². The Balaban J connectivity index is 2.25. The van der Waals surface area contributed by atoms with E-state index in [1.54, 1.807) is 0 Å². The van der Waals surface area contributed by atoms with Gasteiger partial charge in [-0.2, -0.15) is 0 Å². The maximum Gasteiger partial charge on any atom is 0.0812 e. The van der Waals surface area contributed by atoms with Crippen LogP contribution in [0.25, 0.3) is 0 Å². The Hall–Kier alpha value is -0.560. The highest BCUT2D eigenvalue weighted by atomic mass is 16.3. The van der Waals surface area contributed by atoms with Gasteiger partial charge in [-0.25, -0.2) is 0 Å². The van der Waals surface area contributed by atoms with Crippen molar-refractivity contribution < 1.29 is 5.11 Å². The van der Waals surface area contributed by atoms with Crippen LogP contribution in [0.5, 0.6) is 0 Å². The second kappa shape index (κ2) is 14.5. The molecule has 0 radical (unpaired) electrons. The number of hydrogen-bond acceptors (Lipinski definition) is 1. The van der Waals surface area contributed by atoms with Crippen LogP contribution in [-0.2, 0) is 0 Å². The summed E-state index contributed by atoms with van der Waals surface area (Å²) in [6.45, 7) is 6.80. The van der Waals surface area contributed by atoms with Gasteiger partial charge in [0.05, 0.1) is 6.10 Å². The number of unbranched alkanes of at least 4 members (excludes halogenated alkanes) is 12. The largest absolute Gasteiger partial charge is 0.388 e. The molecule has 1 aliphatic carbocycles. The molecule has 1 aliphatic rings. The summed E-state index contributed by atoms with van der Waals surface area (Å²) in [7, 11) is 0. The normalized spacial score (nSPS) is 22.6. The molecule has 0 aromatic carbocycles. The molecule has 1 nitrogen and oxygen atoms in total. The molecule has 2 atom stereocenters. The van der Waals surface area contributed by atoms with Crippen LogP contribution < -0.4 is 0 Å². The Morgan fingerprint density at radius 2 is 1.27 bits per heavy atom. The van der Waals surface area contributed by atoms with Gasteiger partial charge in [-0.3, -0.25) is 0 Å². The molecule has 26 heavy (non-hydrogen) atoms. The van der Waals surface area contributed by atoms with Gasteiger partial charge in [0.25, 0.3) is 0 Å². The summed E-state index contributed by atoms with van der Waals surface area (Å²) in [5.41, 5.74) is 1.41. The van der Waals surface area contributed by atoms with Crippen LogP contribution in [0.1, 0.15) is 124 Å². The summed E-state index contributed by atoms with van der Waals surface area (Å²) in [4.78, 5) is 0. The van der Waals surface area contributed by atoms with Crippen LogP contribution >= 0.6 is 0 Å². The minimum Gasteiger partial charge on any atom is -0.388 e. The van der Waals surface area contributed by atoms with Gasteiger partial charge in [0.2, 0.25) is 0 Å². The van der Waals surface area contributed by atoms with Crippen LogP contribution in [0.3, 0.4) is 0 Å². The van der Waals surface area contributed by atoms with Gasteiger partial charge in [-0.1, -0.05) is 128 Å². The molecule has 1 heteroatoms. The summed E-state index contributed by atoms with van der Waals surface area (Å²) in [5.74, 6) is 0. The van der Waals surface area contributed by atoms with Crippen LogP contribution in [0, 0.1) is 5.41 Å². The average Bonchev–Trinajstić information content (AvgIpc) is 2.63. The lowest BCUT2D eigenvalue weighted by Crippen LogP contribution is -2.31. The highest BCUT2D eigenvalue weighted by molar-refractivity contribution is 5.29. The molecule has 0 spiro atoms. The standard InChI is InChI=1S/C25H46O/c1-4-6-8-10-12-14-16-18-23-19-20-24(26)25(3,22-23)21-17-15-13-11-9-7-5-2/h19-20,22,24,26H,4-18,21H2,1-3H3. The number of allylic oxidation sites excluding steroid dienone is 2. The molecule has 0 bridgehead atoms. The van der Waals surface area contributed by atoms with E-state index in [-0.39, 0.29) is 11.5 Å². The lowest BCUT2D eigenvalue weighted by atomic mass is 9.74. The predicted octanol–water partition coefficient (Wildman–Crippen LogP) is 8.13. The van der Waals surface area contributed by atoms with E-state index in [0.717, 1.165) is 6.42 Å². The van der Waals surface area contributed by atoms with E-state index in [4.69, 9.17) is 0 Å². The van der Waals surface area contributed by atoms with Crippen molar-refractivity contribution in [3.8, 4) is 0 Å². The molecular weight excluding hydrogens is 316 g/mol. The van der Waals surface area contributed by atoms with Gasteiger partial charge >= 0.3 is 0 Å². The Kier molecular flexibility index (Phi) is 13.1. The fourth-order valence-corrected chi connectivity index (χ4v) is 4.12. The van der Waals surface area contributed by atoms with Crippen molar-refractivity contribution in [2.24, 2.45) is 5.41 Å². The topological polar surface area (TPSA) is 20.2 Å². The number of rotatable bonds is 16. The summed E-state index contributed by atoms with van der Waals surface area (Å²) >= 11 is 0. The molecule has 0 aromatic rings. The first-order valence-electron chi connectivity index (χ1n) is 11.7. The van der Waals surface area contributed by atoms with Crippen LogP contribution in [-0.4, -0.2) is 11.2 Å². The molecule has 0 aromatic heterocycles. The third kappa shape index (κ3) is 9.95. The Labute approximate surface area is 164 Å². The number of hydrogen-bond donors (Lipinski definition) is 1. The maximum absolute atomic E-state index is 10.5. The van der Waals surface area contributed by atoms with Crippen LogP contribution in [0.4, 0.5) is 0 Å². The Bertz CT molecular complexity index is 395. The fraction of sp³-hybridized carbons (Fsp3) is 0.840. The summed E-state index contributed by atoms with van der Waals surface area (Å²) in [6.07, 6.45) is 27.6. The molecule has 0 fully saturated rings. The third-order valence-electron chi connectivity index (χ3n) is 6.07. The summed E-state index contributed by atoms with van der Waals surface area (Å²) < 4.78 is 0. The number of aliphatic hydroxyl groups is 1. The zero-order chi connectivity index (χ0) is 19.1. The van der Waals surface area contributed by atoms with Crippen LogP contribution in [0.15, 0.2) is 23.8 Å². The van der Waals surface area contributed by atoms with Gasteiger partial charge in [0, 0.05) is 5.41 Å². The monoisotopic (exact) mass is 362 g/mol. The lowest BCUT2D eigenvalue weighted by Gasteiger charge is -2.33. The molecule has 0 amide bonds. The average molecular weight is 363 g/mol. The minimum absolute atomic E-state index is 0.0470. The zero-order valence-electron chi connectivity index (χ0n) is 18.1. The van der Waals surface area contributed by atoms with E-state index >= 15 is 0 Å². The van der Waals surface area contributed by atoms with Crippen molar-refractivity contribution in [1.82, 2.24) is 0 Å². The van der Waals surface area contributed by atoms with Crippen LogP contribution in [0.2, 0.25) is 0 Å². The lowest BCUT2D eigenvalue weighted by molar-refractivity contribution is 0.100. The first kappa shape index (κ1) is 23.5. The van der Waals surface area contributed by atoms with Gasteiger partial charge in [-0.15, -0.1) is 0 Å². The highest BCUT2D eigenvalue weighted by Gasteiger charge is 2.31. The quantitative estimate of drug-likeness (QED) is 0.275. The second-order valence-electron chi connectivity index (χ2n) is 8.77. The van der Waals surface area contributed by atoms with E-state index in [2.05, 4.69) is 32.9 Å². The fourth-order valence-electron chi connectivity index (χ4n) is 4.12. The molecule has 0 saturated carbocycles. The minimum atomic E-state index is -0.305. The zero-order valence-corrected chi connectivity index (χ0v) is 18.1. The maximum atomic E-state index is 10.5. The van der Waals surface area contributed by atoms with E-state index < -0.39 is 0 Å².